The fourth-order valence-corrected chi connectivity index (χ4v) is 2.19. The Kier molecular flexibility index (Phi) is 4.27. The minimum absolute atomic E-state index is 0.161. The summed E-state index contributed by atoms with van der Waals surface area (Å²) in [7, 11) is 1.76. The van der Waals surface area contributed by atoms with Crippen molar-refractivity contribution in [2.75, 3.05) is 25.5 Å². The molecule has 0 bridgehead atoms. The number of hydrogen-bond acceptors (Lipinski definition) is 5. The molecule has 0 radical (unpaired) electrons. The van der Waals surface area contributed by atoms with Crippen molar-refractivity contribution in [1.29, 1.82) is 0 Å². The maximum Gasteiger partial charge on any atom is 0.323 e. The molecule has 0 saturated carbocycles. The lowest BCUT2D eigenvalue weighted by Crippen LogP contribution is -2.39. The number of aromatic nitrogens is 2. The third-order valence-electron chi connectivity index (χ3n) is 2.67. The summed E-state index contributed by atoms with van der Waals surface area (Å²) in [4.78, 5) is 13.4. The van der Waals surface area contributed by atoms with Gasteiger partial charge in [0.15, 0.2) is 0 Å². The molecule has 1 atom stereocenters. The lowest BCUT2D eigenvalue weighted by molar-refractivity contribution is 0.00463. The Balaban J connectivity index is 1.78. The van der Waals surface area contributed by atoms with Crippen LogP contribution in [0, 0.1) is 0 Å². The van der Waals surface area contributed by atoms with E-state index in [0.29, 0.717) is 11.7 Å². The lowest BCUT2D eigenvalue weighted by atomic mass is 10.1. The number of rotatable bonds is 3. The first-order valence-corrected chi connectivity index (χ1v) is 6.53. The number of anilines is 1. The summed E-state index contributed by atoms with van der Waals surface area (Å²) < 4.78 is 5.59. The minimum atomic E-state index is -0.170. The van der Waals surface area contributed by atoms with Gasteiger partial charge in [0.1, 0.15) is 5.51 Å². The van der Waals surface area contributed by atoms with Crippen LogP contribution in [0.3, 0.4) is 0 Å². The first-order valence-electron chi connectivity index (χ1n) is 5.65. The average molecular weight is 256 g/mol. The van der Waals surface area contributed by atoms with Crippen molar-refractivity contribution in [2.24, 2.45) is 0 Å². The number of hydrogen-bond donors (Lipinski definition) is 1. The fourth-order valence-electron chi connectivity index (χ4n) is 1.75. The molecule has 1 aromatic heterocycles. The van der Waals surface area contributed by atoms with Crippen LogP contribution >= 0.6 is 11.3 Å². The topological polar surface area (TPSA) is 67.3 Å². The molecular weight excluding hydrogens is 240 g/mol. The van der Waals surface area contributed by atoms with Crippen LogP contribution in [0.2, 0.25) is 0 Å². The molecule has 6 nitrogen and oxygen atoms in total. The smallest absolute Gasteiger partial charge is 0.323 e. The summed E-state index contributed by atoms with van der Waals surface area (Å²) in [5.74, 6) is 0. The molecule has 1 N–H and O–H groups in total. The highest BCUT2D eigenvalue weighted by molar-refractivity contribution is 7.13. The van der Waals surface area contributed by atoms with Gasteiger partial charge in [0.2, 0.25) is 5.13 Å². The third-order valence-corrected chi connectivity index (χ3v) is 3.28. The average Bonchev–Trinajstić information content (AvgIpc) is 2.83. The van der Waals surface area contributed by atoms with Crippen LogP contribution in [-0.4, -0.2) is 47.4 Å². The molecule has 7 heteroatoms. The van der Waals surface area contributed by atoms with Crippen LogP contribution in [0.1, 0.15) is 19.3 Å². The zero-order valence-corrected chi connectivity index (χ0v) is 10.6. The van der Waals surface area contributed by atoms with E-state index in [1.54, 1.807) is 17.5 Å². The zero-order valence-electron chi connectivity index (χ0n) is 9.76. The number of likely N-dealkylation sites (N-methyl/N-ethyl adjacent to an activating group) is 1. The Morgan fingerprint density at radius 1 is 1.71 bits per heavy atom. The van der Waals surface area contributed by atoms with Gasteiger partial charge in [-0.15, -0.1) is 10.2 Å². The van der Waals surface area contributed by atoms with E-state index in [1.807, 2.05) is 0 Å². The summed E-state index contributed by atoms with van der Waals surface area (Å²) in [6.45, 7) is 1.42. The van der Waals surface area contributed by atoms with Crippen molar-refractivity contribution < 1.29 is 9.53 Å². The quantitative estimate of drug-likeness (QED) is 0.891. The SMILES string of the molecule is CN(CC1CCCCO1)C(=O)Nc1nncs1. The van der Waals surface area contributed by atoms with E-state index in [9.17, 15) is 4.79 Å². The van der Waals surface area contributed by atoms with Gasteiger partial charge >= 0.3 is 6.03 Å². The molecule has 1 aliphatic rings. The highest BCUT2D eigenvalue weighted by atomic mass is 32.1. The van der Waals surface area contributed by atoms with Gasteiger partial charge in [-0.1, -0.05) is 11.3 Å². The van der Waals surface area contributed by atoms with E-state index < -0.39 is 0 Å². The number of nitrogens with zero attached hydrogens (tertiary/aromatic N) is 3. The Labute approximate surface area is 104 Å². The van der Waals surface area contributed by atoms with Crippen molar-refractivity contribution in [3.63, 3.8) is 0 Å². The molecule has 1 unspecified atom stereocenters. The van der Waals surface area contributed by atoms with Gasteiger partial charge in [0, 0.05) is 20.2 Å². The maximum atomic E-state index is 11.8. The van der Waals surface area contributed by atoms with Crippen molar-refractivity contribution >= 4 is 22.5 Å². The van der Waals surface area contributed by atoms with E-state index in [-0.39, 0.29) is 12.1 Å². The van der Waals surface area contributed by atoms with Crippen LogP contribution in [0.25, 0.3) is 0 Å². The number of nitrogens with one attached hydrogen (secondary N) is 1. The summed E-state index contributed by atoms with van der Waals surface area (Å²) in [6, 6.07) is -0.170. The van der Waals surface area contributed by atoms with E-state index in [0.717, 1.165) is 19.4 Å². The summed E-state index contributed by atoms with van der Waals surface area (Å²) in [5.41, 5.74) is 1.58. The molecule has 94 valence electrons. The van der Waals surface area contributed by atoms with Crippen LogP contribution in [0.15, 0.2) is 5.51 Å². The number of carbonyl (C=O) groups is 1. The lowest BCUT2D eigenvalue weighted by Gasteiger charge is -2.27. The first kappa shape index (κ1) is 12.3. The predicted octanol–water partition coefficient (Wildman–Crippen LogP) is 1.57. The van der Waals surface area contributed by atoms with Crippen molar-refractivity contribution in [1.82, 2.24) is 15.1 Å². The Morgan fingerprint density at radius 2 is 2.59 bits per heavy atom. The molecule has 17 heavy (non-hydrogen) atoms. The van der Waals surface area contributed by atoms with Gasteiger partial charge in [-0.3, -0.25) is 5.32 Å². The van der Waals surface area contributed by atoms with Gasteiger partial charge in [0.25, 0.3) is 0 Å². The molecule has 1 fully saturated rings. The van der Waals surface area contributed by atoms with Crippen molar-refractivity contribution in [2.45, 2.75) is 25.4 Å². The number of amides is 2. The molecule has 0 aromatic carbocycles. The highest BCUT2D eigenvalue weighted by Crippen LogP contribution is 2.14. The van der Waals surface area contributed by atoms with Crippen LogP contribution in [0.4, 0.5) is 9.93 Å². The minimum Gasteiger partial charge on any atom is -0.376 e. The molecular formula is C10H16N4O2S. The van der Waals surface area contributed by atoms with Gasteiger partial charge in [-0.25, -0.2) is 4.79 Å². The van der Waals surface area contributed by atoms with Gasteiger partial charge in [-0.05, 0) is 19.3 Å². The predicted molar refractivity (Wildman–Crippen MR) is 65.1 cm³/mol. The third kappa shape index (κ3) is 3.64. The van der Waals surface area contributed by atoms with Crippen LogP contribution in [-0.2, 0) is 4.74 Å². The van der Waals surface area contributed by atoms with Crippen LogP contribution < -0.4 is 5.32 Å². The van der Waals surface area contributed by atoms with E-state index in [4.69, 9.17) is 4.74 Å². The first-order chi connectivity index (χ1) is 8.25. The summed E-state index contributed by atoms with van der Waals surface area (Å²) in [5, 5.41) is 10.6. The highest BCUT2D eigenvalue weighted by Gasteiger charge is 2.19. The van der Waals surface area contributed by atoms with E-state index in [2.05, 4.69) is 15.5 Å². The summed E-state index contributed by atoms with van der Waals surface area (Å²) in [6.07, 6.45) is 3.48. The van der Waals surface area contributed by atoms with Crippen LogP contribution in [0.5, 0.6) is 0 Å². The number of carbonyl (C=O) groups excluding carboxylic acids is 1. The number of urea groups is 1. The van der Waals surface area contributed by atoms with Gasteiger partial charge < -0.3 is 9.64 Å². The molecule has 0 aliphatic carbocycles. The second-order valence-corrected chi connectivity index (χ2v) is 4.88. The van der Waals surface area contributed by atoms with Gasteiger partial charge in [0.05, 0.1) is 6.10 Å². The second-order valence-electron chi connectivity index (χ2n) is 4.04. The normalized spacial score (nSPS) is 19.9. The molecule has 2 heterocycles. The fraction of sp³-hybridized carbons (Fsp3) is 0.700. The van der Waals surface area contributed by atoms with E-state index in [1.165, 1.54) is 17.8 Å². The Hall–Kier alpha value is -1.21. The van der Waals surface area contributed by atoms with Crippen molar-refractivity contribution in [3.05, 3.63) is 5.51 Å². The monoisotopic (exact) mass is 256 g/mol. The second kappa shape index (κ2) is 5.92. The largest absolute Gasteiger partial charge is 0.376 e. The molecule has 0 spiro atoms. The van der Waals surface area contributed by atoms with Crippen molar-refractivity contribution in [3.8, 4) is 0 Å². The maximum absolute atomic E-state index is 11.8. The van der Waals surface area contributed by atoms with E-state index >= 15 is 0 Å². The zero-order chi connectivity index (χ0) is 12.1. The Morgan fingerprint density at radius 3 is 3.24 bits per heavy atom. The molecule has 2 amide bonds. The number of ether oxygens (including phenoxy) is 1. The molecule has 2 rings (SSSR count). The molecule has 1 aromatic rings. The summed E-state index contributed by atoms with van der Waals surface area (Å²) >= 11 is 1.30. The molecule has 1 aliphatic heterocycles. The standard InChI is InChI=1S/C10H16N4O2S/c1-14(6-8-4-2-3-5-16-8)10(15)12-9-13-11-7-17-9/h7-8H,2-6H2,1H3,(H,12,13,15). The Bertz CT molecular complexity index is 351. The molecule has 1 saturated heterocycles. The van der Waals surface area contributed by atoms with Gasteiger partial charge in [-0.2, -0.15) is 0 Å².